The highest BCUT2D eigenvalue weighted by molar-refractivity contribution is 9.10. The van der Waals surface area contributed by atoms with Gasteiger partial charge in [0.2, 0.25) is 0 Å². The van der Waals surface area contributed by atoms with Gasteiger partial charge in [-0.05, 0) is 61.8 Å². The lowest BCUT2D eigenvalue weighted by atomic mass is 10.2. The van der Waals surface area contributed by atoms with E-state index in [-0.39, 0.29) is 0 Å². The standard InChI is InChI=1S/C14H17BrClNO3/c1-8(13(19)20-14(2,3)4)17-12(18)10-7-9(16)5-6-11(10)15/h5-8H,1-4H3,(H,17,18)/t8-/m0/s1. The molecule has 1 rings (SSSR count). The number of halogens is 2. The minimum absolute atomic E-state index is 0.368. The lowest BCUT2D eigenvalue weighted by Gasteiger charge is -2.22. The molecule has 110 valence electrons. The number of hydrogen-bond donors (Lipinski definition) is 1. The van der Waals surface area contributed by atoms with E-state index in [1.807, 2.05) is 0 Å². The Morgan fingerprint density at radius 2 is 1.95 bits per heavy atom. The van der Waals surface area contributed by atoms with Crippen LogP contribution in [0.4, 0.5) is 0 Å². The van der Waals surface area contributed by atoms with Gasteiger partial charge in [-0.3, -0.25) is 4.79 Å². The molecule has 1 amide bonds. The molecule has 0 unspecified atom stereocenters. The SMILES string of the molecule is C[C@H](NC(=O)c1cc(Cl)ccc1Br)C(=O)OC(C)(C)C. The molecule has 0 aliphatic carbocycles. The fraction of sp³-hybridized carbons (Fsp3) is 0.429. The van der Waals surface area contributed by atoms with E-state index in [0.717, 1.165) is 0 Å². The van der Waals surface area contributed by atoms with Gasteiger partial charge in [-0.1, -0.05) is 11.6 Å². The summed E-state index contributed by atoms with van der Waals surface area (Å²) < 4.78 is 5.81. The third kappa shape index (κ3) is 5.13. The summed E-state index contributed by atoms with van der Waals surface area (Å²) in [7, 11) is 0. The van der Waals surface area contributed by atoms with Crippen LogP contribution in [0.15, 0.2) is 22.7 Å². The van der Waals surface area contributed by atoms with Crippen molar-refractivity contribution in [3.05, 3.63) is 33.3 Å². The number of esters is 1. The van der Waals surface area contributed by atoms with Crippen LogP contribution in [-0.4, -0.2) is 23.5 Å². The minimum Gasteiger partial charge on any atom is -0.458 e. The van der Waals surface area contributed by atoms with E-state index in [1.165, 1.54) is 6.07 Å². The van der Waals surface area contributed by atoms with Crippen molar-refractivity contribution in [1.82, 2.24) is 5.32 Å². The molecular formula is C14H17BrClNO3. The quantitative estimate of drug-likeness (QED) is 0.836. The van der Waals surface area contributed by atoms with Gasteiger partial charge in [0, 0.05) is 9.50 Å². The molecule has 0 spiro atoms. The molecule has 0 saturated heterocycles. The molecule has 0 heterocycles. The number of carbonyl (C=O) groups excluding carboxylic acids is 2. The molecule has 1 atom stereocenters. The summed E-state index contributed by atoms with van der Waals surface area (Å²) in [5.41, 5.74) is -0.222. The maximum Gasteiger partial charge on any atom is 0.328 e. The Kier molecular flexibility index (Phi) is 5.59. The van der Waals surface area contributed by atoms with E-state index in [0.29, 0.717) is 15.1 Å². The highest BCUT2D eigenvalue weighted by Crippen LogP contribution is 2.21. The van der Waals surface area contributed by atoms with Gasteiger partial charge in [-0.15, -0.1) is 0 Å². The van der Waals surface area contributed by atoms with E-state index in [9.17, 15) is 9.59 Å². The van der Waals surface area contributed by atoms with E-state index < -0.39 is 23.5 Å². The van der Waals surface area contributed by atoms with Crippen LogP contribution in [0, 0.1) is 0 Å². The van der Waals surface area contributed by atoms with Gasteiger partial charge in [0.15, 0.2) is 0 Å². The van der Waals surface area contributed by atoms with E-state index in [1.54, 1.807) is 39.8 Å². The van der Waals surface area contributed by atoms with Crippen molar-refractivity contribution in [1.29, 1.82) is 0 Å². The van der Waals surface area contributed by atoms with Crippen molar-refractivity contribution in [3.63, 3.8) is 0 Å². The summed E-state index contributed by atoms with van der Waals surface area (Å²) in [4.78, 5) is 23.9. The van der Waals surface area contributed by atoms with E-state index in [2.05, 4.69) is 21.2 Å². The van der Waals surface area contributed by atoms with Crippen molar-refractivity contribution < 1.29 is 14.3 Å². The number of benzene rings is 1. The molecule has 4 nitrogen and oxygen atoms in total. The first-order valence-electron chi connectivity index (χ1n) is 6.09. The Labute approximate surface area is 132 Å². The highest BCUT2D eigenvalue weighted by Gasteiger charge is 2.24. The smallest absolute Gasteiger partial charge is 0.328 e. The first-order valence-corrected chi connectivity index (χ1v) is 7.26. The first-order chi connectivity index (χ1) is 9.10. The lowest BCUT2D eigenvalue weighted by molar-refractivity contribution is -0.156. The van der Waals surface area contributed by atoms with E-state index >= 15 is 0 Å². The second kappa shape index (κ2) is 6.59. The van der Waals surface area contributed by atoms with Crippen molar-refractivity contribution in [3.8, 4) is 0 Å². The molecule has 0 bridgehead atoms. The molecule has 0 aromatic heterocycles. The number of nitrogens with one attached hydrogen (secondary N) is 1. The number of hydrogen-bond acceptors (Lipinski definition) is 3. The van der Waals surface area contributed by atoms with Gasteiger partial charge >= 0.3 is 5.97 Å². The maximum atomic E-state index is 12.1. The number of rotatable bonds is 3. The van der Waals surface area contributed by atoms with E-state index in [4.69, 9.17) is 16.3 Å². The monoisotopic (exact) mass is 361 g/mol. The van der Waals surface area contributed by atoms with Crippen molar-refractivity contribution in [2.45, 2.75) is 39.3 Å². The number of carbonyl (C=O) groups is 2. The lowest BCUT2D eigenvalue weighted by Crippen LogP contribution is -2.42. The molecule has 0 fully saturated rings. The van der Waals surface area contributed by atoms with Gasteiger partial charge in [0.05, 0.1) is 5.56 Å². The minimum atomic E-state index is -0.743. The molecular weight excluding hydrogens is 346 g/mol. The van der Waals surface area contributed by atoms with Crippen LogP contribution in [0.2, 0.25) is 5.02 Å². The predicted molar refractivity (Wildman–Crippen MR) is 81.9 cm³/mol. The summed E-state index contributed by atoms with van der Waals surface area (Å²) in [5, 5.41) is 3.03. The second-order valence-electron chi connectivity index (χ2n) is 5.35. The van der Waals surface area contributed by atoms with Crippen molar-refractivity contribution in [2.24, 2.45) is 0 Å². The van der Waals surface area contributed by atoms with Crippen LogP contribution in [0.3, 0.4) is 0 Å². The average Bonchev–Trinajstić information content (AvgIpc) is 2.29. The predicted octanol–water partition coefficient (Wildman–Crippen LogP) is 3.56. The third-order valence-corrected chi connectivity index (χ3v) is 3.21. The Morgan fingerprint density at radius 3 is 2.50 bits per heavy atom. The molecule has 0 aliphatic rings. The summed E-state index contributed by atoms with van der Waals surface area (Å²) >= 11 is 9.13. The Hall–Kier alpha value is -1.07. The van der Waals surface area contributed by atoms with Gasteiger partial charge in [0.25, 0.3) is 5.91 Å². The van der Waals surface area contributed by atoms with Gasteiger partial charge in [0.1, 0.15) is 11.6 Å². The Balaban J connectivity index is 2.75. The van der Waals surface area contributed by atoms with Gasteiger partial charge in [-0.25, -0.2) is 4.79 Å². The molecule has 0 aliphatic heterocycles. The molecule has 20 heavy (non-hydrogen) atoms. The average molecular weight is 363 g/mol. The number of ether oxygens (including phenoxy) is 1. The number of amides is 1. The summed E-state index contributed by atoms with van der Waals surface area (Å²) in [6.45, 7) is 6.89. The summed E-state index contributed by atoms with van der Waals surface area (Å²) in [6, 6.07) is 4.13. The topological polar surface area (TPSA) is 55.4 Å². The van der Waals surface area contributed by atoms with Crippen LogP contribution in [0.25, 0.3) is 0 Å². The molecule has 1 N–H and O–H groups in total. The summed E-state index contributed by atoms with van der Waals surface area (Å²) in [5.74, 6) is -0.873. The van der Waals surface area contributed by atoms with Crippen LogP contribution in [-0.2, 0) is 9.53 Å². The normalized spacial score (nSPS) is 12.7. The maximum absolute atomic E-state index is 12.1. The first kappa shape index (κ1) is 17.0. The molecule has 1 aromatic rings. The zero-order valence-electron chi connectivity index (χ0n) is 11.8. The highest BCUT2D eigenvalue weighted by atomic mass is 79.9. The van der Waals surface area contributed by atoms with Crippen molar-refractivity contribution in [2.75, 3.05) is 0 Å². The molecule has 0 saturated carbocycles. The Morgan fingerprint density at radius 1 is 1.35 bits per heavy atom. The van der Waals surface area contributed by atoms with Crippen LogP contribution >= 0.6 is 27.5 Å². The fourth-order valence-electron chi connectivity index (χ4n) is 1.39. The van der Waals surface area contributed by atoms with Crippen LogP contribution in [0.1, 0.15) is 38.1 Å². The van der Waals surface area contributed by atoms with Gasteiger partial charge in [-0.2, -0.15) is 0 Å². The Bertz CT molecular complexity index is 526. The zero-order valence-corrected chi connectivity index (χ0v) is 14.1. The fourth-order valence-corrected chi connectivity index (χ4v) is 1.99. The second-order valence-corrected chi connectivity index (χ2v) is 6.64. The molecule has 0 radical (unpaired) electrons. The van der Waals surface area contributed by atoms with Gasteiger partial charge < -0.3 is 10.1 Å². The molecule has 6 heteroatoms. The van der Waals surface area contributed by atoms with Crippen LogP contribution < -0.4 is 5.32 Å². The third-order valence-electron chi connectivity index (χ3n) is 2.28. The van der Waals surface area contributed by atoms with Crippen molar-refractivity contribution >= 4 is 39.4 Å². The van der Waals surface area contributed by atoms with Crippen LogP contribution in [0.5, 0.6) is 0 Å². The molecule has 1 aromatic carbocycles. The summed E-state index contributed by atoms with van der Waals surface area (Å²) in [6.07, 6.45) is 0. The zero-order chi connectivity index (χ0) is 15.5. The largest absolute Gasteiger partial charge is 0.458 e.